The molecule has 9 heteroatoms. The number of ether oxygens (including phenoxy) is 1. The van der Waals surface area contributed by atoms with Gasteiger partial charge in [0.1, 0.15) is 22.0 Å². The average Bonchev–Trinajstić information content (AvgIpc) is 3.47. The summed E-state index contributed by atoms with van der Waals surface area (Å²) in [6.45, 7) is 5.18. The van der Waals surface area contributed by atoms with Crippen LogP contribution in [0.15, 0.2) is 55.1 Å². The zero-order valence-corrected chi connectivity index (χ0v) is 20.5. The Hall–Kier alpha value is -3.49. The number of hydrogen-bond donors (Lipinski definition) is 0. The molecule has 0 saturated carbocycles. The summed E-state index contributed by atoms with van der Waals surface area (Å²) in [5, 5.41) is 9.41. The van der Waals surface area contributed by atoms with Crippen LogP contribution in [0.4, 0.5) is 0 Å². The number of nitrogens with zero attached hydrogens (tertiary/aromatic N) is 7. The van der Waals surface area contributed by atoms with Crippen LogP contribution < -0.4 is 4.74 Å². The van der Waals surface area contributed by atoms with Crippen molar-refractivity contribution in [3.63, 3.8) is 0 Å². The molecule has 5 aromatic rings. The van der Waals surface area contributed by atoms with Crippen molar-refractivity contribution >= 4 is 28.2 Å². The van der Waals surface area contributed by atoms with Crippen LogP contribution in [0.3, 0.4) is 0 Å². The number of likely N-dealkylation sites (tertiary alicyclic amines) is 1. The number of rotatable bonds is 5. The van der Waals surface area contributed by atoms with Gasteiger partial charge in [-0.15, -0.1) is 0 Å². The van der Waals surface area contributed by atoms with Crippen molar-refractivity contribution in [1.82, 2.24) is 34.3 Å². The molecule has 6 rings (SSSR count). The van der Waals surface area contributed by atoms with Gasteiger partial charge in [-0.05, 0) is 70.1 Å². The van der Waals surface area contributed by atoms with Crippen molar-refractivity contribution in [1.29, 1.82) is 0 Å². The van der Waals surface area contributed by atoms with E-state index in [9.17, 15) is 0 Å². The third kappa shape index (κ3) is 4.47. The molecule has 0 atom stereocenters. The number of benzene rings is 1. The number of fused-ring (bicyclic) bond motifs is 2. The summed E-state index contributed by atoms with van der Waals surface area (Å²) in [5.41, 5.74) is 4.89. The molecule has 0 aliphatic carbocycles. The highest BCUT2D eigenvalue weighted by Crippen LogP contribution is 2.35. The summed E-state index contributed by atoms with van der Waals surface area (Å²) in [5.74, 6) is 1.86. The fourth-order valence-electron chi connectivity index (χ4n) is 4.64. The molecular weight excluding hydrogens is 462 g/mol. The SMILES string of the molecule is Cc1cc2cc(Oc3ccc4ncc(-c5cnn(CC6CCN(C)CC6)c5)nc4c3Cl)ccn2n1. The zero-order valence-electron chi connectivity index (χ0n) is 19.7. The normalized spacial score (nSPS) is 15.3. The molecule has 1 aliphatic rings. The molecule has 0 bridgehead atoms. The second-order valence-corrected chi connectivity index (χ2v) is 9.70. The Morgan fingerprint density at radius 2 is 1.97 bits per heavy atom. The highest BCUT2D eigenvalue weighted by Gasteiger charge is 2.18. The Balaban J connectivity index is 1.25. The van der Waals surface area contributed by atoms with Crippen molar-refractivity contribution in [2.24, 2.45) is 5.92 Å². The largest absolute Gasteiger partial charge is 0.456 e. The third-order valence-electron chi connectivity index (χ3n) is 6.61. The van der Waals surface area contributed by atoms with Gasteiger partial charge in [-0.1, -0.05) is 11.6 Å². The fourth-order valence-corrected chi connectivity index (χ4v) is 4.88. The first-order valence-electron chi connectivity index (χ1n) is 11.8. The van der Waals surface area contributed by atoms with E-state index in [0.29, 0.717) is 33.5 Å². The van der Waals surface area contributed by atoms with Gasteiger partial charge in [0, 0.05) is 30.6 Å². The van der Waals surface area contributed by atoms with Gasteiger partial charge in [0.15, 0.2) is 0 Å². The summed E-state index contributed by atoms with van der Waals surface area (Å²) in [7, 11) is 2.18. The topological polar surface area (TPSA) is 73.4 Å². The molecule has 0 amide bonds. The van der Waals surface area contributed by atoms with Gasteiger partial charge in [-0.25, -0.2) is 9.50 Å². The first-order valence-corrected chi connectivity index (χ1v) is 12.2. The van der Waals surface area contributed by atoms with Crippen LogP contribution >= 0.6 is 11.6 Å². The van der Waals surface area contributed by atoms with Crippen molar-refractivity contribution in [2.45, 2.75) is 26.3 Å². The molecule has 1 aromatic carbocycles. The van der Waals surface area contributed by atoms with Gasteiger partial charge in [0.2, 0.25) is 0 Å². The first-order chi connectivity index (χ1) is 17.0. The lowest BCUT2D eigenvalue weighted by molar-refractivity contribution is 0.201. The van der Waals surface area contributed by atoms with Crippen molar-refractivity contribution in [3.8, 4) is 22.8 Å². The number of hydrogen-bond acceptors (Lipinski definition) is 6. The number of aromatic nitrogens is 6. The van der Waals surface area contributed by atoms with E-state index in [-0.39, 0.29) is 0 Å². The first kappa shape index (κ1) is 22.0. The highest BCUT2D eigenvalue weighted by molar-refractivity contribution is 6.36. The Morgan fingerprint density at radius 1 is 1.11 bits per heavy atom. The van der Waals surface area contributed by atoms with E-state index in [4.69, 9.17) is 21.3 Å². The van der Waals surface area contributed by atoms with E-state index in [2.05, 4.69) is 27.1 Å². The van der Waals surface area contributed by atoms with E-state index >= 15 is 0 Å². The summed E-state index contributed by atoms with van der Waals surface area (Å²) >= 11 is 6.75. The molecule has 0 unspecified atom stereocenters. The van der Waals surface area contributed by atoms with Crippen LogP contribution in [-0.4, -0.2) is 54.4 Å². The molecule has 8 nitrogen and oxygen atoms in total. The highest BCUT2D eigenvalue weighted by atomic mass is 35.5. The lowest BCUT2D eigenvalue weighted by atomic mass is 9.97. The van der Waals surface area contributed by atoms with E-state index in [1.807, 2.05) is 65.0 Å². The molecule has 178 valence electrons. The molecule has 4 aromatic heterocycles. The minimum absolute atomic E-state index is 0.431. The average molecular weight is 488 g/mol. The molecule has 1 saturated heterocycles. The van der Waals surface area contributed by atoms with Crippen LogP contribution in [0.2, 0.25) is 5.02 Å². The predicted molar refractivity (Wildman–Crippen MR) is 136 cm³/mol. The minimum atomic E-state index is 0.431. The monoisotopic (exact) mass is 487 g/mol. The van der Waals surface area contributed by atoms with Gasteiger partial charge in [-0.3, -0.25) is 9.67 Å². The molecule has 0 radical (unpaired) electrons. The van der Waals surface area contributed by atoms with Crippen molar-refractivity contribution in [3.05, 3.63) is 65.8 Å². The summed E-state index contributed by atoms with van der Waals surface area (Å²) in [4.78, 5) is 11.8. The molecule has 0 spiro atoms. The van der Waals surface area contributed by atoms with Crippen molar-refractivity contribution < 1.29 is 4.74 Å². The van der Waals surface area contributed by atoms with Gasteiger partial charge in [-0.2, -0.15) is 10.2 Å². The van der Waals surface area contributed by atoms with Crippen LogP contribution in [0.25, 0.3) is 27.8 Å². The quantitative estimate of drug-likeness (QED) is 0.337. The maximum absolute atomic E-state index is 6.75. The van der Waals surface area contributed by atoms with Gasteiger partial charge in [0.05, 0.1) is 34.8 Å². The summed E-state index contributed by atoms with van der Waals surface area (Å²) in [6.07, 6.45) is 9.94. The van der Waals surface area contributed by atoms with E-state index in [1.54, 1.807) is 6.20 Å². The predicted octanol–water partition coefficient (Wildman–Crippen LogP) is 5.24. The maximum atomic E-state index is 6.75. The summed E-state index contributed by atoms with van der Waals surface area (Å²) in [6, 6.07) is 9.49. The standard InChI is InChI=1S/C26H26ClN7O/c1-17-11-20-12-21(7-10-34(20)31-17)35-24-4-3-22-26(25(24)27)30-23(14-28-22)19-13-29-33(16-19)15-18-5-8-32(2)9-6-18/h3-4,7,10-14,16,18H,5-6,8-9,15H2,1-2H3. The molecule has 1 fully saturated rings. The van der Waals surface area contributed by atoms with Crippen molar-refractivity contribution in [2.75, 3.05) is 20.1 Å². The molecule has 0 N–H and O–H groups in total. The molecular formula is C26H26ClN7O. The Kier molecular flexibility index (Phi) is 5.62. The smallest absolute Gasteiger partial charge is 0.148 e. The Labute approximate surface area is 208 Å². The number of halogens is 1. The molecule has 1 aliphatic heterocycles. The van der Waals surface area contributed by atoms with Gasteiger partial charge >= 0.3 is 0 Å². The minimum Gasteiger partial charge on any atom is -0.456 e. The van der Waals surface area contributed by atoms with Crippen LogP contribution in [0, 0.1) is 12.8 Å². The lowest BCUT2D eigenvalue weighted by Gasteiger charge is -2.28. The second kappa shape index (κ2) is 8.94. The second-order valence-electron chi connectivity index (χ2n) is 9.32. The summed E-state index contributed by atoms with van der Waals surface area (Å²) < 4.78 is 9.95. The molecule has 5 heterocycles. The van der Waals surface area contributed by atoms with E-state index in [0.717, 1.165) is 42.1 Å². The lowest BCUT2D eigenvalue weighted by Crippen LogP contribution is -2.31. The fraction of sp³-hybridized carbons (Fsp3) is 0.308. The Bertz CT molecular complexity index is 1520. The number of aryl methyl sites for hydroxylation is 1. The zero-order chi connectivity index (χ0) is 23.9. The van der Waals surface area contributed by atoms with Gasteiger partial charge < -0.3 is 9.64 Å². The van der Waals surface area contributed by atoms with E-state index < -0.39 is 0 Å². The molecule has 35 heavy (non-hydrogen) atoms. The number of piperidine rings is 1. The van der Waals surface area contributed by atoms with Crippen LogP contribution in [-0.2, 0) is 6.54 Å². The van der Waals surface area contributed by atoms with Crippen LogP contribution in [0.1, 0.15) is 18.5 Å². The van der Waals surface area contributed by atoms with Crippen LogP contribution in [0.5, 0.6) is 11.5 Å². The Morgan fingerprint density at radius 3 is 2.83 bits per heavy atom. The van der Waals surface area contributed by atoms with Gasteiger partial charge in [0.25, 0.3) is 0 Å². The number of pyridine rings is 1. The maximum Gasteiger partial charge on any atom is 0.148 e. The van der Waals surface area contributed by atoms with E-state index in [1.165, 1.54) is 12.8 Å². The third-order valence-corrected chi connectivity index (χ3v) is 6.98.